The first-order valence-corrected chi connectivity index (χ1v) is 10.1. The van der Waals surface area contributed by atoms with Crippen LogP contribution in [0.25, 0.3) is 11.3 Å². The van der Waals surface area contributed by atoms with Gasteiger partial charge in [-0.3, -0.25) is 9.69 Å². The number of ether oxygens (including phenoxy) is 1. The molecule has 1 saturated heterocycles. The van der Waals surface area contributed by atoms with Crippen LogP contribution in [0.4, 0.5) is 0 Å². The molecule has 6 nitrogen and oxygen atoms in total. The largest absolute Gasteiger partial charge is 0.496 e. The molecule has 0 atom stereocenters. The lowest BCUT2D eigenvalue weighted by Crippen LogP contribution is -3.11. The summed E-state index contributed by atoms with van der Waals surface area (Å²) in [5.74, 6) is 0.815. The molecule has 0 aliphatic carbocycles. The monoisotopic (exact) mass is 390 g/mol. The summed E-state index contributed by atoms with van der Waals surface area (Å²) in [6.07, 6.45) is 4.01. The quantitative estimate of drug-likeness (QED) is 0.653. The lowest BCUT2D eigenvalue weighted by atomic mass is 10.1. The molecule has 1 aliphatic heterocycles. The molecule has 1 N–H and O–H groups in total. The SMILES string of the molecule is COc1ccccc1-c1nn(Cc2ccccc2)cc1/C=N\N1CC[NH+](C)CC1. The van der Waals surface area contributed by atoms with Crippen molar-refractivity contribution in [2.45, 2.75) is 6.54 Å². The fourth-order valence-corrected chi connectivity index (χ4v) is 3.57. The number of methoxy groups -OCH3 is 1. The molecule has 0 saturated carbocycles. The molecule has 1 aliphatic rings. The Morgan fingerprint density at radius 3 is 2.55 bits per heavy atom. The first kappa shape index (κ1) is 19.2. The van der Waals surface area contributed by atoms with Crippen molar-refractivity contribution in [2.24, 2.45) is 5.10 Å². The summed E-state index contributed by atoms with van der Waals surface area (Å²) >= 11 is 0. The number of hydrazone groups is 1. The van der Waals surface area contributed by atoms with Crippen molar-refractivity contribution in [3.63, 3.8) is 0 Å². The molecule has 1 aromatic heterocycles. The van der Waals surface area contributed by atoms with E-state index in [1.165, 1.54) is 5.56 Å². The lowest BCUT2D eigenvalue weighted by Gasteiger charge is -2.27. The van der Waals surface area contributed by atoms with E-state index in [0.29, 0.717) is 6.54 Å². The molecule has 3 aromatic rings. The van der Waals surface area contributed by atoms with Gasteiger partial charge in [0.15, 0.2) is 0 Å². The van der Waals surface area contributed by atoms with Gasteiger partial charge in [-0.1, -0.05) is 42.5 Å². The van der Waals surface area contributed by atoms with E-state index in [1.807, 2.05) is 41.2 Å². The van der Waals surface area contributed by atoms with Crippen LogP contribution in [0.1, 0.15) is 11.1 Å². The van der Waals surface area contributed by atoms with Gasteiger partial charge in [0.1, 0.15) is 11.4 Å². The van der Waals surface area contributed by atoms with Crippen LogP contribution < -0.4 is 9.64 Å². The van der Waals surface area contributed by atoms with E-state index < -0.39 is 0 Å². The minimum atomic E-state index is 0.717. The average molecular weight is 391 g/mol. The number of nitrogens with one attached hydrogen (secondary N) is 1. The number of hydrogen-bond acceptors (Lipinski definition) is 4. The molecule has 0 radical (unpaired) electrons. The first-order chi connectivity index (χ1) is 14.2. The van der Waals surface area contributed by atoms with Crippen LogP contribution in [0.5, 0.6) is 5.75 Å². The number of likely N-dealkylation sites (N-methyl/N-ethyl adjacent to an activating group) is 1. The zero-order valence-electron chi connectivity index (χ0n) is 17.1. The lowest BCUT2D eigenvalue weighted by molar-refractivity contribution is -0.884. The maximum Gasteiger partial charge on any atom is 0.128 e. The van der Waals surface area contributed by atoms with Crippen molar-refractivity contribution in [1.82, 2.24) is 14.8 Å². The molecule has 6 heteroatoms. The first-order valence-electron chi connectivity index (χ1n) is 10.1. The van der Waals surface area contributed by atoms with Crippen LogP contribution in [0.2, 0.25) is 0 Å². The summed E-state index contributed by atoms with van der Waals surface area (Å²) < 4.78 is 7.56. The van der Waals surface area contributed by atoms with Gasteiger partial charge in [-0.2, -0.15) is 10.2 Å². The number of benzene rings is 2. The predicted octanol–water partition coefficient (Wildman–Crippen LogP) is 1.77. The van der Waals surface area contributed by atoms with E-state index in [0.717, 1.165) is 48.7 Å². The number of para-hydroxylation sites is 1. The summed E-state index contributed by atoms with van der Waals surface area (Å²) in [7, 11) is 3.93. The van der Waals surface area contributed by atoms with E-state index in [4.69, 9.17) is 14.9 Å². The maximum atomic E-state index is 5.58. The highest BCUT2D eigenvalue weighted by molar-refractivity contribution is 5.89. The standard InChI is InChI=1S/C23H27N5O/c1-26-12-14-27(15-13-26)24-16-20-18-28(17-19-8-4-3-5-9-19)25-23(20)21-10-6-7-11-22(21)29-2/h3-11,16,18H,12-15,17H2,1-2H3/p+1/b24-16-. The molecule has 29 heavy (non-hydrogen) atoms. The van der Waals surface area contributed by atoms with Crippen molar-refractivity contribution in [1.29, 1.82) is 0 Å². The molecule has 2 heterocycles. The van der Waals surface area contributed by atoms with Gasteiger partial charge in [-0.25, -0.2) is 0 Å². The zero-order chi connectivity index (χ0) is 20.1. The fraction of sp³-hybridized carbons (Fsp3) is 0.304. The second-order valence-electron chi connectivity index (χ2n) is 7.47. The highest BCUT2D eigenvalue weighted by Gasteiger charge is 2.17. The molecule has 0 unspecified atom stereocenters. The van der Waals surface area contributed by atoms with Gasteiger partial charge in [0.2, 0.25) is 0 Å². The Labute approximate surface area is 172 Å². The Bertz CT molecular complexity index is 958. The van der Waals surface area contributed by atoms with Crippen LogP contribution in [0.3, 0.4) is 0 Å². The third-order valence-electron chi connectivity index (χ3n) is 5.29. The number of rotatable bonds is 6. The highest BCUT2D eigenvalue weighted by Crippen LogP contribution is 2.30. The number of hydrogen-bond donors (Lipinski definition) is 1. The van der Waals surface area contributed by atoms with E-state index in [1.54, 1.807) is 12.0 Å². The smallest absolute Gasteiger partial charge is 0.128 e. The molecular formula is C23H28N5O+. The Balaban J connectivity index is 1.66. The van der Waals surface area contributed by atoms with E-state index in [9.17, 15) is 0 Å². The molecule has 150 valence electrons. The average Bonchev–Trinajstić information content (AvgIpc) is 3.16. The molecule has 0 bridgehead atoms. The minimum Gasteiger partial charge on any atom is -0.496 e. The van der Waals surface area contributed by atoms with Crippen molar-refractivity contribution >= 4 is 6.21 Å². The van der Waals surface area contributed by atoms with E-state index >= 15 is 0 Å². The molecule has 1 fully saturated rings. The van der Waals surface area contributed by atoms with Crippen LogP contribution in [-0.4, -0.2) is 61.3 Å². The maximum absolute atomic E-state index is 5.58. The molecule has 4 rings (SSSR count). The Hall–Kier alpha value is -3.12. The minimum absolute atomic E-state index is 0.717. The fourth-order valence-electron chi connectivity index (χ4n) is 3.57. The summed E-state index contributed by atoms with van der Waals surface area (Å²) in [6, 6.07) is 18.4. The van der Waals surface area contributed by atoms with E-state index in [2.05, 4.69) is 42.5 Å². The summed E-state index contributed by atoms with van der Waals surface area (Å²) in [5, 5.41) is 11.8. The molecular weight excluding hydrogens is 362 g/mol. The van der Waals surface area contributed by atoms with Crippen molar-refractivity contribution in [2.75, 3.05) is 40.3 Å². The highest BCUT2D eigenvalue weighted by atomic mass is 16.5. The second kappa shape index (κ2) is 8.92. The van der Waals surface area contributed by atoms with Gasteiger partial charge in [-0.05, 0) is 17.7 Å². The number of quaternary nitrogens is 1. The third kappa shape index (κ3) is 4.66. The van der Waals surface area contributed by atoms with Gasteiger partial charge in [0.25, 0.3) is 0 Å². The van der Waals surface area contributed by atoms with Gasteiger partial charge in [0.05, 0.1) is 53.1 Å². The zero-order valence-corrected chi connectivity index (χ0v) is 17.1. The van der Waals surface area contributed by atoms with Crippen LogP contribution in [-0.2, 0) is 6.54 Å². The van der Waals surface area contributed by atoms with E-state index in [-0.39, 0.29) is 0 Å². The summed E-state index contributed by atoms with van der Waals surface area (Å²) in [6.45, 7) is 4.90. The Morgan fingerprint density at radius 2 is 1.79 bits per heavy atom. The Morgan fingerprint density at radius 1 is 1.07 bits per heavy atom. The number of nitrogens with zero attached hydrogens (tertiary/aromatic N) is 4. The Kier molecular flexibility index (Phi) is 5.91. The second-order valence-corrected chi connectivity index (χ2v) is 7.47. The molecule has 0 amide bonds. The van der Waals surface area contributed by atoms with Crippen LogP contribution in [0, 0.1) is 0 Å². The third-order valence-corrected chi connectivity index (χ3v) is 5.29. The molecule has 2 aromatic carbocycles. The van der Waals surface area contributed by atoms with Crippen molar-refractivity contribution in [3.05, 3.63) is 71.9 Å². The van der Waals surface area contributed by atoms with Crippen LogP contribution >= 0.6 is 0 Å². The van der Waals surface area contributed by atoms with Crippen LogP contribution in [0.15, 0.2) is 65.9 Å². The van der Waals surface area contributed by atoms with Crippen molar-refractivity contribution in [3.8, 4) is 17.0 Å². The summed E-state index contributed by atoms with van der Waals surface area (Å²) in [5.41, 5.74) is 4.08. The van der Waals surface area contributed by atoms with Gasteiger partial charge < -0.3 is 9.64 Å². The predicted molar refractivity (Wildman–Crippen MR) is 116 cm³/mol. The van der Waals surface area contributed by atoms with Gasteiger partial charge in [0, 0.05) is 17.3 Å². The van der Waals surface area contributed by atoms with Gasteiger partial charge >= 0.3 is 0 Å². The molecule has 0 spiro atoms. The summed E-state index contributed by atoms with van der Waals surface area (Å²) in [4.78, 5) is 1.56. The topological polar surface area (TPSA) is 47.1 Å². The number of aromatic nitrogens is 2. The van der Waals surface area contributed by atoms with Crippen molar-refractivity contribution < 1.29 is 9.64 Å². The normalized spacial score (nSPS) is 15.2. The number of piperazine rings is 1. The van der Waals surface area contributed by atoms with Gasteiger partial charge in [-0.15, -0.1) is 0 Å².